The van der Waals surface area contributed by atoms with Gasteiger partial charge < -0.3 is 14.8 Å². The third-order valence-corrected chi connectivity index (χ3v) is 5.56. The van der Waals surface area contributed by atoms with E-state index in [2.05, 4.69) is 10.0 Å². The van der Waals surface area contributed by atoms with Gasteiger partial charge in [-0.05, 0) is 43.5 Å². The SMILES string of the molecule is COCCCNC(=O)COc1ccc(S(=O)(=O)NC2CCCC2)cc1. The Bertz CT molecular complexity index is 640. The topological polar surface area (TPSA) is 93.7 Å². The number of hydrogen-bond donors (Lipinski definition) is 2. The van der Waals surface area contributed by atoms with Crippen molar-refractivity contribution < 1.29 is 22.7 Å². The van der Waals surface area contributed by atoms with E-state index >= 15 is 0 Å². The summed E-state index contributed by atoms with van der Waals surface area (Å²) in [6, 6.07) is 6.12. The van der Waals surface area contributed by atoms with Gasteiger partial charge in [0.25, 0.3) is 5.91 Å². The van der Waals surface area contributed by atoms with E-state index in [9.17, 15) is 13.2 Å². The summed E-state index contributed by atoms with van der Waals surface area (Å²) in [5.74, 6) is 0.225. The standard InChI is InChI=1S/C17H26N2O5S/c1-23-12-4-11-18-17(20)13-24-15-7-9-16(10-8-15)25(21,22)19-14-5-2-3-6-14/h7-10,14,19H,2-6,11-13H2,1H3,(H,18,20). The zero-order chi connectivity index (χ0) is 18.1. The Morgan fingerprint density at radius 3 is 2.52 bits per heavy atom. The van der Waals surface area contributed by atoms with Crippen LogP contribution < -0.4 is 14.8 Å². The molecule has 25 heavy (non-hydrogen) atoms. The van der Waals surface area contributed by atoms with Crippen LogP contribution in [0.1, 0.15) is 32.1 Å². The van der Waals surface area contributed by atoms with Gasteiger partial charge in [-0.25, -0.2) is 13.1 Å². The number of ether oxygens (including phenoxy) is 2. The molecule has 0 bridgehead atoms. The van der Waals surface area contributed by atoms with Crippen LogP contribution in [0.15, 0.2) is 29.2 Å². The van der Waals surface area contributed by atoms with Gasteiger partial charge in [0.2, 0.25) is 10.0 Å². The Hall–Kier alpha value is -1.64. The van der Waals surface area contributed by atoms with E-state index in [-0.39, 0.29) is 23.5 Å². The van der Waals surface area contributed by atoms with E-state index < -0.39 is 10.0 Å². The van der Waals surface area contributed by atoms with E-state index in [1.807, 2.05) is 0 Å². The van der Waals surface area contributed by atoms with Gasteiger partial charge in [-0.2, -0.15) is 0 Å². The molecule has 0 saturated heterocycles. The summed E-state index contributed by atoms with van der Waals surface area (Å²) >= 11 is 0. The molecule has 140 valence electrons. The summed E-state index contributed by atoms with van der Waals surface area (Å²) in [6.45, 7) is 1.01. The summed E-state index contributed by atoms with van der Waals surface area (Å²) in [5, 5.41) is 2.71. The van der Waals surface area contributed by atoms with Crippen molar-refractivity contribution in [2.24, 2.45) is 0 Å². The lowest BCUT2D eigenvalue weighted by atomic mass is 10.3. The van der Waals surface area contributed by atoms with E-state index in [1.165, 1.54) is 12.1 Å². The first-order chi connectivity index (χ1) is 12.0. The number of hydrogen-bond acceptors (Lipinski definition) is 5. The zero-order valence-electron chi connectivity index (χ0n) is 14.5. The van der Waals surface area contributed by atoms with Crippen molar-refractivity contribution in [3.63, 3.8) is 0 Å². The van der Waals surface area contributed by atoms with Crippen LogP contribution in [-0.4, -0.2) is 47.2 Å². The fourth-order valence-corrected chi connectivity index (χ4v) is 4.00. The number of benzene rings is 1. The minimum absolute atomic E-state index is 0.0303. The second-order valence-electron chi connectivity index (χ2n) is 6.06. The number of sulfonamides is 1. The molecule has 1 aromatic rings. The van der Waals surface area contributed by atoms with Crippen molar-refractivity contribution in [1.82, 2.24) is 10.0 Å². The van der Waals surface area contributed by atoms with Crippen molar-refractivity contribution in [1.29, 1.82) is 0 Å². The molecule has 0 heterocycles. The molecule has 1 aliphatic rings. The second-order valence-corrected chi connectivity index (χ2v) is 7.77. The highest BCUT2D eigenvalue weighted by molar-refractivity contribution is 7.89. The average molecular weight is 370 g/mol. The van der Waals surface area contributed by atoms with Crippen LogP contribution >= 0.6 is 0 Å². The van der Waals surface area contributed by atoms with Gasteiger partial charge in [-0.1, -0.05) is 12.8 Å². The lowest BCUT2D eigenvalue weighted by Gasteiger charge is -2.13. The van der Waals surface area contributed by atoms with Crippen molar-refractivity contribution in [3.8, 4) is 5.75 Å². The van der Waals surface area contributed by atoms with E-state index in [0.717, 1.165) is 32.1 Å². The number of nitrogens with one attached hydrogen (secondary N) is 2. The van der Waals surface area contributed by atoms with Gasteiger partial charge in [0, 0.05) is 26.3 Å². The molecular formula is C17H26N2O5S. The molecule has 1 aromatic carbocycles. The Balaban J connectivity index is 1.79. The smallest absolute Gasteiger partial charge is 0.257 e. The first-order valence-corrected chi connectivity index (χ1v) is 10.0. The Morgan fingerprint density at radius 1 is 1.20 bits per heavy atom. The van der Waals surface area contributed by atoms with E-state index in [1.54, 1.807) is 19.2 Å². The van der Waals surface area contributed by atoms with Crippen LogP contribution in [0.2, 0.25) is 0 Å². The van der Waals surface area contributed by atoms with Crippen LogP contribution in [0.5, 0.6) is 5.75 Å². The quantitative estimate of drug-likeness (QED) is 0.608. The van der Waals surface area contributed by atoms with Gasteiger partial charge in [0.05, 0.1) is 4.90 Å². The molecule has 1 aliphatic carbocycles. The molecule has 0 atom stereocenters. The van der Waals surface area contributed by atoms with E-state index in [0.29, 0.717) is 18.9 Å². The number of amides is 1. The molecule has 0 unspecified atom stereocenters. The van der Waals surface area contributed by atoms with Crippen molar-refractivity contribution in [2.45, 2.75) is 43.0 Å². The first-order valence-electron chi connectivity index (χ1n) is 8.52. The molecule has 8 heteroatoms. The highest BCUT2D eigenvalue weighted by atomic mass is 32.2. The number of rotatable bonds is 10. The Kier molecular flexibility index (Phi) is 7.67. The highest BCUT2D eigenvalue weighted by Gasteiger charge is 2.22. The first kappa shape index (κ1) is 19.7. The Morgan fingerprint density at radius 2 is 1.88 bits per heavy atom. The van der Waals surface area contributed by atoms with Gasteiger partial charge in [-0.3, -0.25) is 4.79 Å². The predicted octanol–water partition coefficient (Wildman–Crippen LogP) is 1.44. The lowest BCUT2D eigenvalue weighted by molar-refractivity contribution is -0.123. The molecule has 0 radical (unpaired) electrons. The second kappa shape index (κ2) is 9.74. The summed E-state index contributed by atoms with van der Waals surface area (Å²) in [6.07, 6.45) is 4.64. The molecule has 0 aromatic heterocycles. The summed E-state index contributed by atoms with van der Waals surface area (Å²) in [4.78, 5) is 11.8. The van der Waals surface area contributed by atoms with Crippen molar-refractivity contribution >= 4 is 15.9 Å². The third-order valence-electron chi connectivity index (χ3n) is 4.03. The maximum absolute atomic E-state index is 12.3. The van der Waals surface area contributed by atoms with E-state index in [4.69, 9.17) is 9.47 Å². The average Bonchev–Trinajstić information content (AvgIpc) is 3.09. The minimum atomic E-state index is -3.51. The summed E-state index contributed by atoms with van der Waals surface area (Å²) in [7, 11) is -1.90. The van der Waals surface area contributed by atoms with Crippen LogP contribution in [0.4, 0.5) is 0 Å². The van der Waals surface area contributed by atoms with Gasteiger partial charge in [-0.15, -0.1) is 0 Å². The molecule has 1 fully saturated rings. The lowest BCUT2D eigenvalue weighted by Crippen LogP contribution is -2.32. The molecule has 1 saturated carbocycles. The molecular weight excluding hydrogens is 344 g/mol. The van der Waals surface area contributed by atoms with Gasteiger partial charge in [0.15, 0.2) is 6.61 Å². The highest BCUT2D eigenvalue weighted by Crippen LogP contribution is 2.21. The molecule has 2 rings (SSSR count). The fourth-order valence-electron chi connectivity index (χ4n) is 2.69. The molecule has 0 aliphatic heterocycles. The maximum Gasteiger partial charge on any atom is 0.257 e. The van der Waals surface area contributed by atoms with Crippen molar-refractivity contribution in [3.05, 3.63) is 24.3 Å². The molecule has 7 nitrogen and oxygen atoms in total. The minimum Gasteiger partial charge on any atom is -0.484 e. The van der Waals surface area contributed by atoms with Crippen molar-refractivity contribution in [2.75, 3.05) is 26.9 Å². The zero-order valence-corrected chi connectivity index (χ0v) is 15.3. The number of carbonyl (C=O) groups excluding carboxylic acids is 1. The van der Waals surface area contributed by atoms with Crippen LogP contribution in [-0.2, 0) is 19.6 Å². The summed E-state index contributed by atoms with van der Waals surface area (Å²) < 4.78 is 37.6. The Labute approximate surface area is 149 Å². The maximum atomic E-state index is 12.3. The van der Waals surface area contributed by atoms with Gasteiger partial charge in [0.1, 0.15) is 5.75 Å². The number of methoxy groups -OCH3 is 1. The number of carbonyl (C=O) groups is 1. The van der Waals surface area contributed by atoms with Gasteiger partial charge >= 0.3 is 0 Å². The molecule has 2 N–H and O–H groups in total. The predicted molar refractivity (Wildman–Crippen MR) is 94.0 cm³/mol. The van der Waals surface area contributed by atoms with Crippen LogP contribution in [0.25, 0.3) is 0 Å². The third kappa shape index (κ3) is 6.64. The normalized spacial score (nSPS) is 15.2. The molecule has 0 spiro atoms. The molecule has 1 amide bonds. The monoisotopic (exact) mass is 370 g/mol. The largest absolute Gasteiger partial charge is 0.484 e. The van der Waals surface area contributed by atoms with Crippen LogP contribution in [0, 0.1) is 0 Å². The fraction of sp³-hybridized carbons (Fsp3) is 0.588. The summed E-state index contributed by atoms with van der Waals surface area (Å²) in [5.41, 5.74) is 0. The van der Waals surface area contributed by atoms with Crippen LogP contribution in [0.3, 0.4) is 0 Å².